The minimum Gasteiger partial charge on any atom is -0.464 e. The van der Waals surface area contributed by atoms with Gasteiger partial charge in [-0.05, 0) is 25.2 Å². The van der Waals surface area contributed by atoms with Crippen LogP contribution in [0.15, 0.2) is 39.9 Å². The predicted molar refractivity (Wildman–Crippen MR) is 87.6 cm³/mol. The van der Waals surface area contributed by atoms with Gasteiger partial charge in [0.2, 0.25) is 5.95 Å². The van der Waals surface area contributed by atoms with Crippen molar-refractivity contribution in [1.29, 1.82) is 0 Å². The van der Waals surface area contributed by atoms with Crippen LogP contribution in [0.1, 0.15) is 0 Å². The van der Waals surface area contributed by atoms with Crippen LogP contribution in [0.2, 0.25) is 0 Å². The van der Waals surface area contributed by atoms with Crippen molar-refractivity contribution in [3.63, 3.8) is 0 Å². The number of aromatic amines is 1. The van der Waals surface area contributed by atoms with E-state index in [1.165, 1.54) is 0 Å². The number of nitrogens with one attached hydrogen (secondary N) is 1. The lowest BCUT2D eigenvalue weighted by atomic mass is 10.1. The van der Waals surface area contributed by atoms with Crippen LogP contribution in [0, 0.1) is 0 Å². The van der Waals surface area contributed by atoms with Crippen molar-refractivity contribution in [3.05, 3.63) is 41.0 Å². The summed E-state index contributed by atoms with van der Waals surface area (Å²) in [7, 11) is 2.09. The molecule has 1 N–H and O–H groups in total. The topological polar surface area (TPSA) is 78.3 Å². The predicted octanol–water partition coefficient (Wildman–Crippen LogP) is 1.33. The highest BCUT2D eigenvalue weighted by molar-refractivity contribution is 5.90. The third-order valence-corrected chi connectivity index (χ3v) is 4.18. The van der Waals surface area contributed by atoms with Crippen LogP contribution >= 0.6 is 0 Å². The molecule has 0 bridgehead atoms. The van der Waals surface area contributed by atoms with Gasteiger partial charge in [-0.3, -0.25) is 9.78 Å². The zero-order chi connectivity index (χ0) is 15.8. The molecule has 0 saturated carbocycles. The third kappa shape index (κ3) is 2.49. The van der Waals surface area contributed by atoms with Gasteiger partial charge in [0, 0.05) is 37.9 Å². The fourth-order valence-electron chi connectivity index (χ4n) is 2.86. The first kappa shape index (κ1) is 14.0. The molecule has 1 fully saturated rings. The molecule has 3 aromatic rings. The van der Waals surface area contributed by atoms with Crippen LogP contribution in [0.3, 0.4) is 0 Å². The number of nitrogens with zero attached hydrogens (tertiary/aromatic N) is 4. The number of likely N-dealkylation sites (N-methyl/N-ethyl adjacent to an activating group) is 1. The van der Waals surface area contributed by atoms with Crippen molar-refractivity contribution in [2.75, 3.05) is 38.1 Å². The number of hydrogen-bond acceptors (Lipinski definition) is 6. The van der Waals surface area contributed by atoms with Gasteiger partial charge in [0.05, 0.1) is 11.6 Å². The molecule has 0 spiro atoms. The van der Waals surface area contributed by atoms with E-state index < -0.39 is 0 Å². The minimum atomic E-state index is -0.191. The molecule has 118 valence electrons. The van der Waals surface area contributed by atoms with E-state index in [0.29, 0.717) is 28.3 Å². The SMILES string of the molecule is CN1CCN(c2nc3nccc(-c4ccco4)c3c(=O)[nH]2)CC1. The minimum absolute atomic E-state index is 0.191. The van der Waals surface area contributed by atoms with Gasteiger partial charge in [-0.1, -0.05) is 0 Å². The number of piperazine rings is 1. The Morgan fingerprint density at radius 1 is 1.22 bits per heavy atom. The molecule has 0 atom stereocenters. The van der Waals surface area contributed by atoms with Gasteiger partial charge in [0.1, 0.15) is 5.76 Å². The molecule has 4 heterocycles. The number of hydrogen-bond donors (Lipinski definition) is 1. The van der Waals surface area contributed by atoms with Crippen molar-refractivity contribution in [2.24, 2.45) is 0 Å². The number of furan rings is 1. The molecular formula is C16H17N5O2. The standard InChI is InChI=1S/C16H17N5O2/c1-20-6-8-21(9-7-20)16-18-14-13(15(22)19-16)11(4-5-17-14)12-3-2-10-23-12/h2-5,10H,6-9H2,1H3,(H,17,18,19,22). The molecule has 3 aromatic heterocycles. The van der Waals surface area contributed by atoms with E-state index in [9.17, 15) is 4.79 Å². The molecule has 1 aliphatic rings. The number of fused-ring (bicyclic) bond motifs is 1. The monoisotopic (exact) mass is 311 g/mol. The number of aromatic nitrogens is 3. The van der Waals surface area contributed by atoms with E-state index in [4.69, 9.17) is 4.42 Å². The first-order valence-electron chi connectivity index (χ1n) is 7.59. The zero-order valence-electron chi connectivity index (χ0n) is 12.8. The number of H-pyrrole nitrogens is 1. The Balaban J connectivity index is 1.82. The van der Waals surface area contributed by atoms with E-state index in [2.05, 4.69) is 31.8 Å². The van der Waals surface area contributed by atoms with Crippen molar-refractivity contribution in [2.45, 2.75) is 0 Å². The van der Waals surface area contributed by atoms with E-state index in [1.54, 1.807) is 24.6 Å². The Morgan fingerprint density at radius 2 is 2.04 bits per heavy atom. The highest BCUT2D eigenvalue weighted by Crippen LogP contribution is 2.25. The summed E-state index contributed by atoms with van der Waals surface area (Å²) < 4.78 is 5.42. The summed E-state index contributed by atoms with van der Waals surface area (Å²) in [4.78, 5) is 28.7. The van der Waals surface area contributed by atoms with Gasteiger partial charge in [-0.15, -0.1) is 0 Å². The van der Waals surface area contributed by atoms with Crippen LogP contribution < -0.4 is 10.5 Å². The van der Waals surface area contributed by atoms with E-state index in [0.717, 1.165) is 26.2 Å². The van der Waals surface area contributed by atoms with Gasteiger partial charge in [0.25, 0.3) is 5.56 Å². The van der Waals surface area contributed by atoms with Gasteiger partial charge in [-0.2, -0.15) is 4.98 Å². The summed E-state index contributed by atoms with van der Waals surface area (Å²) in [6.45, 7) is 3.56. The van der Waals surface area contributed by atoms with Crippen LogP contribution in [0.5, 0.6) is 0 Å². The molecule has 0 unspecified atom stereocenters. The van der Waals surface area contributed by atoms with E-state index in [-0.39, 0.29) is 5.56 Å². The second-order valence-electron chi connectivity index (χ2n) is 5.71. The fraction of sp³-hybridized carbons (Fsp3) is 0.312. The van der Waals surface area contributed by atoms with Crippen molar-refractivity contribution in [1.82, 2.24) is 19.9 Å². The summed E-state index contributed by atoms with van der Waals surface area (Å²) >= 11 is 0. The van der Waals surface area contributed by atoms with Crippen LogP contribution in [-0.2, 0) is 0 Å². The molecule has 1 aliphatic heterocycles. The highest BCUT2D eigenvalue weighted by Gasteiger charge is 2.19. The number of rotatable bonds is 2. The zero-order valence-corrected chi connectivity index (χ0v) is 12.8. The molecule has 0 amide bonds. The average Bonchev–Trinajstić information content (AvgIpc) is 3.09. The summed E-state index contributed by atoms with van der Waals surface area (Å²) in [5, 5.41) is 0.459. The lowest BCUT2D eigenvalue weighted by Crippen LogP contribution is -2.45. The smallest absolute Gasteiger partial charge is 0.262 e. The Labute approximate surface area is 132 Å². The Hall–Kier alpha value is -2.67. The van der Waals surface area contributed by atoms with E-state index in [1.807, 2.05) is 6.07 Å². The van der Waals surface area contributed by atoms with Gasteiger partial charge in [0.15, 0.2) is 5.65 Å². The first-order valence-corrected chi connectivity index (χ1v) is 7.59. The van der Waals surface area contributed by atoms with Gasteiger partial charge >= 0.3 is 0 Å². The lowest BCUT2D eigenvalue weighted by molar-refractivity contribution is 0.311. The van der Waals surface area contributed by atoms with Crippen LogP contribution in [0.25, 0.3) is 22.4 Å². The van der Waals surface area contributed by atoms with Crippen molar-refractivity contribution in [3.8, 4) is 11.3 Å². The molecule has 0 radical (unpaired) electrons. The van der Waals surface area contributed by atoms with Crippen LogP contribution in [0.4, 0.5) is 5.95 Å². The first-order chi connectivity index (χ1) is 11.2. The summed E-state index contributed by atoms with van der Waals surface area (Å²) in [5.74, 6) is 1.22. The summed E-state index contributed by atoms with van der Waals surface area (Å²) in [6.07, 6.45) is 3.24. The quantitative estimate of drug-likeness (QED) is 0.769. The molecule has 7 heteroatoms. The maximum Gasteiger partial charge on any atom is 0.262 e. The maximum absolute atomic E-state index is 12.6. The molecule has 1 saturated heterocycles. The van der Waals surface area contributed by atoms with Gasteiger partial charge < -0.3 is 14.2 Å². The third-order valence-electron chi connectivity index (χ3n) is 4.18. The molecular weight excluding hydrogens is 294 g/mol. The molecule has 23 heavy (non-hydrogen) atoms. The molecule has 7 nitrogen and oxygen atoms in total. The Kier molecular flexibility index (Phi) is 3.34. The Bertz CT molecular complexity index is 879. The Morgan fingerprint density at radius 3 is 2.78 bits per heavy atom. The average molecular weight is 311 g/mol. The van der Waals surface area contributed by atoms with Crippen LogP contribution in [-0.4, -0.2) is 53.1 Å². The normalized spacial score (nSPS) is 16.1. The summed E-state index contributed by atoms with van der Waals surface area (Å²) in [6, 6.07) is 5.39. The highest BCUT2D eigenvalue weighted by atomic mass is 16.3. The summed E-state index contributed by atoms with van der Waals surface area (Å²) in [5.41, 5.74) is 0.957. The lowest BCUT2D eigenvalue weighted by Gasteiger charge is -2.32. The van der Waals surface area contributed by atoms with E-state index >= 15 is 0 Å². The number of anilines is 1. The molecule has 0 aromatic carbocycles. The second kappa shape index (κ2) is 5.51. The fourth-order valence-corrected chi connectivity index (χ4v) is 2.86. The second-order valence-corrected chi connectivity index (χ2v) is 5.71. The molecule has 0 aliphatic carbocycles. The van der Waals surface area contributed by atoms with Crippen molar-refractivity contribution >= 4 is 17.0 Å². The van der Waals surface area contributed by atoms with Gasteiger partial charge in [-0.25, -0.2) is 4.98 Å². The largest absolute Gasteiger partial charge is 0.464 e. The number of pyridine rings is 1. The van der Waals surface area contributed by atoms with Crippen molar-refractivity contribution < 1.29 is 4.42 Å². The maximum atomic E-state index is 12.6. The molecule has 4 rings (SSSR count).